The van der Waals surface area contributed by atoms with E-state index in [4.69, 9.17) is 9.26 Å². The molecule has 4 rings (SSSR count). The van der Waals surface area contributed by atoms with Gasteiger partial charge in [-0.1, -0.05) is 23.4 Å². The zero-order valence-electron chi connectivity index (χ0n) is 17.8. The van der Waals surface area contributed by atoms with Crippen molar-refractivity contribution in [1.82, 2.24) is 10.5 Å². The second kappa shape index (κ2) is 8.63. The summed E-state index contributed by atoms with van der Waals surface area (Å²) in [5, 5.41) is 6.91. The minimum absolute atomic E-state index is 0.0369. The molecule has 160 valence electrons. The van der Waals surface area contributed by atoms with Crippen LogP contribution in [0.25, 0.3) is 11.3 Å². The molecule has 0 spiro atoms. The van der Waals surface area contributed by atoms with E-state index in [0.717, 1.165) is 22.6 Å². The second-order valence-corrected chi connectivity index (χ2v) is 7.81. The number of aromatic nitrogens is 1. The van der Waals surface area contributed by atoms with Crippen LogP contribution in [0, 0.1) is 19.8 Å². The van der Waals surface area contributed by atoms with Crippen LogP contribution in [0.5, 0.6) is 5.75 Å². The summed E-state index contributed by atoms with van der Waals surface area (Å²) in [5.41, 5.74) is 4.58. The Balaban J connectivity index is 1.36. The standard InChI is InChI=1S/C24H25N3O4/c1-15-7-8-20(9-16(15)2)27-14-18(11-23(27)28)24(29)25-13-19-12-22(31-26-19)17-5-4-6-21(10-17)30-3/h4-10,12,18H,11,13-14H2,1-3H3,(H,25,29). The van der Waals surface area contributed by atoms with Gasteiger partial charge < -0.3 is 19.5 Å². The van der Waals surface area contributed by atoms with Gasteiger partial charge in [-0.15, -0.1) is 0 Å². The molecular formula is C24H25N3O4. The molecule has 31 heavy (non-hydrogen) atoms. The highest BCUT2D eigenvalue weighted by Crippen LogP contribution is 2.27. The molecule has 1 aliphatic heterocycles. The van der Waals surface area contributed by atoms with Crippen LogP contribution < -0.4 is 15.0 Å². The summed E-state index contributed by atoms with van der Waals surface area (Å²) in [4.78, 5) is 26.8. The van der Waals surface area contributed by atoms with E-state index in [1.165, 1.54) is 5.56 Å². The molecule has 0 saturated carbocycles. The molecule has 2 aromatic carbocycles. The van der Waals surface area contributed by atoms with Gasteiger partial charge in [0, 0.05) is 30.3 Å². The number of nitrogens with zero attached hydrogens (tertiary/aromatic N) is 2. The monoisotopic (exact) mass is 419 g/mol. The van der Waals surface area contributed by atoms with Crippen molar-refractivity contribution in [2.45, 2.75) is 26.8 Å². The first kappa shape index (κ1) is 20.7. The third-order valence-corrected chi connectivity index (χ3v) is 5.65. The van der Waals surface area contributed by atoms with Crippen LogP contribution in [-0.4, -0.2) is 30.6 Å². The van der Waals surface area contributed by atoms with Crippen molar-refractivity contribution < 1.29 is 18.8 Å². The molecule has 2 amide bonds. The Hall–Kier alpha value is -3.61. The predicted molar refractivity (Wildman–Crippen MR) is 117 cm³/mol. The number of carbonyl (C=O) groups excluding carboxylic acids is 2. The number of methoxy groups -OCH3 is 1. The molecule has 2 heterocycles. The lowest BCUT2D eigenvalue weighted by atomic mass is 10.1. The molecule has 7 heteroatoms. The quantitative estimate of drug-likeness (QED) is 0.659. The van der Waals surface area contributed by atoms with Gasteiger partial charge in [-0.05, 0) is 49.2 Å². The first-order valence-electron chi connectivity index (χ1n) is 10.2. The number of hydrogen-bond acceptors (Lipinski definition) is 5. The summed E-state index contributed by atoms with van der Waals surface area (Å²) in [5.74, 6) is 0.734. The van der Waals surface area contributed by atoms with E-state index in [1.807, 2.05) is 56.3 Å². The lowest BCUT2D eigenvalue weighted by Gasteiger charge is -2.18. The van der Waals surface area contributed by atoms with Crippen LogP contribution in [0.3, 0.4) is 0 Å². The maximum absolute atomic E-state index is 12.7. The summed E-state index contributed by atoms with van der Waals surface area (Å²) in [6.45, 7) is 4.66. The molecule has 0 aliphatic carbocycles. The van der Waals surface area contributed by atoms with Crippen molar-refractivity contribution in [3.05, 3.63) is 65.4 Å². The van der Waals surface area contributed by atoms with E-state index < -0.39 is 0 Å². The number of rotatable bonds is 6. The minimum Gasteiger partial charge on any atom is -0.497 e. The number of hydrogen-bond donors (Lipinski definition) is 1. The molecule has 1 atom stereocenters. The van der Waals surface area contributed by atoms with Crippen molar-refractivity contribution in [2.75, 3.05) is 18.6 Å². The highest BCUT2D eigenvalue weighted by atomic mass is 16.5. The van der Waals surface area contributed by atoms with E-state index in [9.17, 15) is 9.59 Å². The summed E-state index contributed by atoms with van der Waals surface area (Å²) < 4.78 is 10.6. The van der Waals surface area contributed by atoms with Crippen LogP contribution in [-0.2, 0) is 16.1 Å². The maximum atomic E-state index is 12.7. The molecule has 7 nitrogen and oxygen atoms in total. The molecule has 1 aromatic heterocycles. The lowest BCUT2D eigenvalue weighted by molar-refractivity contribution is -0.126. The van der Waals surface area contributed by atoms with Crippen molar-refractivity contribution in [1.29, 1.82) is 0 Å². The fourth-order valence-corrected chi connectivity index (χ4v) is 3.66. The Bertz CT molecular complexity index is 1120. The molecule has 3 aromatic rings. The number of aryl methyl sites for hydroxylation is 2. The second-order valence-electron chi connectivity index (χ2n) is 7.81. The molecule has 0 bridgehead atoms. The van der Waals surface area contributed by atoms with E-state index in [2.05, 4.69) is 10.5 Å². The van der Waals surface area contributed by atoms with Crippen molar-refractivity contribution in [2.24, 2.45) is 5.92 Å². The zero-order chi connectivity index (χ0) is 22.0. The fraction of sp³-hybridized carbons (Fsp3) is 0.292. The van der Waals surface area contributed by atoms with Gasteiger partial charge in [0.05, 0.1) is 19.6 Å². The van der Waals surface area contributed by atoms with Gasteiger partial charge >= 0.3 is 0 Å². The number of carbonyl (C=O) groups is 2. The predicted octanol–water partition coefficient (Wildman–Crippen LogP) is 3.64. The molecule has 1 fully saturated rings. The Kier molecular flexibility index (Phi) is 5.75. The normalized spacial score (nSPS) is 15.9. The third-order valence-electron chi connectivity index (χ3n) is 5.65. The number of nitrogens with one attached hydrogen (secondary N) is 1. The molecule has 0 radical (unpaired) electrons. The Morgan fingerprint density at radius 3 is 2.81 bits per heavy atom. The Labute approximate surface area is 181 Å². The van der Waals surface area contributed by atoms with Crippen LogP contribution in [0.15, 0.2) is 53.1 Å². The average molecular weight is 419 g/mol. The van der Waals surface area contributed by atoms with Gasteiger partial charge in [0.25, 0.3) is 0 Å². The van der Waals surface area contributed by atoms with Gasteiger partial charge in [0.1, 0.15) is 11.4 Å². The van der Waals surface area contributed by atoms with Crippen molar-refractivity contribution in [3.8, 4) is 17.1 Å². The number of ether oxygens (including phenoxy) is 1. The van der Waals surface area contributed by atoms with E-state index in [1.54, 1.807) is 18.1 Å². The highest BCUT2D eigenvalue weighted by molar-refractivity contribution is 6.00. The summed E-state index contributed by atoms with van der Waals surface area (Å²) in [6, 6.07) is 15.2. The molecule has 1 aliphatic rings. The maximum Gasteiger partial charge on any atom is 0.227 e. The Morgan fingerprint density at radius 1 is 1.19 bits per heavy atom. The molecule has 1 N–H and O–H groups in total. The van der Waals surface area contributed by atoms with Crippen LogP contribution in [0.1, 0.15) is 23.2 Å². The zero-order valence-corrected chi connectivity index (χ0v) is 17.8. The first-order chi connectivity index (χ1) is 14.9. The van der Waals surface area contributed by atoms with Gasteiger partial charge in [-0.2, -0.15) is 0 Å². The largest absolute Gasteiger partial charge is 0.497 e. The van der Waals surface area contributed by atoms with Crippen molar-refractivity contribution >= 4 is 17.5 Å². The summed E-state index contributed by atoms with van der Waals surface area (Å²) in [7, 11) is 1.61. The minimum atomic E-state index is -0.390. The summed E-state index contributed by atoms with van der Waals surface area (Å²) >= 11 is 0. The molecule has 1 saturated heterocycles. The SMILES string of the molecule is COc1cccc(-c2cc(CNC(=O)C3CC(=O)N(c4ccc(C)c(C)c4)C3)no2)c1. The van der Waals surface area contributed by atoms with Crippen molar-refractivity contribution in [3.63, 3.8) is 0 Å². The molecule has 1 unspecified atom stereocenters. The highest BCUT2D eigenvalue weighted by Gasteiger charge is 2.35. The first-order valence-corrected chi connectivity index (χ1v) is 10.2. The van der Waals surface area contributed by atoms with Crippen LogP contribution >= 0.6 is 0 Å². The van der Waals surface area contributed by atoms with Crippen LogP contribution in [0.4, 0.5) is 5.69 Å². The number of benzene rings is 2. The van der Waals surface area contributed by atoms with Gasteiger partial charge in [0.2, 0.25) is 11.8 Å². The topological polar surface area (TPSA) is 84.7 Å². The number of anilines is 1. The number of amides is 2. The van der Waals surface area contributed by atoms with E-state index in [-0.39, 0.29) is 30.7 Å². The molecular weight excluding hydrogens is 394 g/mol. The Morgan fingerprint density at radius 2 is 2.03 bits per heavy atom. The smallest absolute Gasteiger partial charge is 0.227 e. The lowest BCUT2D eigenvalue weighted by Crippen LogP contribution is -2.32. The van der Waals surface area contributed by atoms with E-state index >= 15 is 0 Å². The fourth-order valence-electron chi connectivity index (χ4n) is 3.66. The summed E-state index contributed by atoms with van der Waals surface area (Å²) in [6.07, 6.45) is 0.201. The average Bonchev–Trinajstić information content (AvgIpc) is 3.41. The van der Waals surface area contributed by atoms with E-state index in [0.29, 0.717) is 18.0 Å². The van der Waals surface area contributed by atoms with Gasteiger partial charge in [-0.25, -0.2) is 0 Å². The third kappa shape index (κ3) is 4.45. The van der Waals surface area contributed by atoms with Crippen LogP contribution in [0.2, 0.25) is 0 Å². The van der Waals surface area contributed by atoms with Gasteiger partial charge in [-0.3, -0.25) is 9.59 Å². The van der Waals surface area contributed by atoms with Gasteiger partial charge in [0.15, 0.2) is 5.76 Å².